The highest BCUT2D eigenvalue weighted by molar-refractivity contribution is 9.10. The number of fused-ring (bicyclic) bond motifs is 1. The fourth-order valence-corrected chi connectivity index (χ4v) is 2.77. The lowest BCUT2D eigenvalue weighted by molar-refractivity contribution is 1.34. The number of aromatic amines is 1. The second kappa shape index (κ2) is 4.29. The molecule has 1 heterocycles. The Morgan fingerprint density at radius 2 is 1.78 bits per heavy atom. The van der Waals surface area contributed by atoms with Crippen molar-refractivity contribution in [1.82, 2.24) is 4.98 Å². The molecule has 1 nitrogen and oxygen atoms in total. The van der Waals surface area contributed by atoms with Gasteiger partial charge in [0.25, 0.3) is 0 Å². The van der Waals surface area contributed by atoms with Gasteiger partial charge in [0.05, 0.1) is 0 Å². The van der Waals surface area contributed by atoms with Gasteiger partial charge in [0.1, 0.15) is 0 Å². The molecule has 0 saturated heterocycles. The van der Waals surface area contributed by atoms with Crippen LogP contribution in [-0.4, -0.2) is 4.98 Å². The quantitative estimate of drug-likeness (QED) is 0.634. The van der Waals surface area contributed by atoms with Crippen LogP contribution in [0, 0.1) is 13.8 Å². The molecule has 0 spiro atoms. The molecule has 3 rings (SSSR count). The smallest absolute Gasteiger partial charge is 0.0491 e. The lowest BCUT2D eigenvalue weighted by atomic mass is 10.1. The first-order valence-corrected chi connectivity index (χ1v) is 6.80. The molecule has 0 aliphatic heterocycles. The number of rotatable bonds is 1. The molecule has 1 aromatic heterocycles. The predicted octanol–water partition coefficient (Wildman–Crippen LogP) is 5.21. The third-order valence-electron chi connectivity index (χ3n) is 3.49. The highest BCUT2D eigenvalue weighted by atomic mass is 79.9. The average Bonchev–Trinajstić information content (AvgIpc) is 2.79. The Kier molecular flexibility index (Phi) is 2.75. The summed E-state index contributed by atoms with van der Waals surface area (Å²) in [4.78, 5) is 3.53. The monoisotopic (exact) mass is 299 g/mol. The summed E-state index contributed by atoms with van der Waals surface area (Å²) in [6, 6.07) is 14.8. The number of hydrogen-bond acceptors (Lipinski definition) is 0. The molecule has 2 aromatic carbocycles. The normalized spacial score (nSPS) is 11.1. The van der Waals surface area contributed by atoms with Crippen molar-refractivity contribution in [3.05, 3.63) is 58.1 Å². The summed E-state index contributed by atoms with van der Waals surface area (Å²) in [6.07, 6.45) is 0. The summed E-state index contributed by atoms with van der Waals surface area (Å²) in [5.41, 5.74) is 6.24. The molecule has 0 bridgehead atoms. The van der Waals surface area contributed by atoms with Crippen LogP contribution >= 0.6 is 15.9 Å². The van der Waals surface area contributed by atoms with E-state index in [1.165, 1.54) is 27.6 Å². The number of benzene rings is 2. The molecule has 0 atom stereocenters. The summed E-state index contributed by atoms with van der Waals surface area (Å²) in [5.74, 6) is 0. The van der Waals surface area contributed by atoms with Gasteiger partial charge in [0.15, 0.2) is 0 Å². The zero-order valence-electron chi connectivity index (χ0n) is 10.4. The van der Waals surface area contributed by atoms with Crippen LogP contribution in [0.5, 0.6) is 0 Å². The summed E-state index contributed by atoms with van der Waals surface area (Å²) in [5, 5.41) is 1.27. The first kappa shape index (κ1) is 11.5. The molecule has 90 valence electrons. The molecule has 0 unspecified atom stereocenters. The van der Waals surface area contributed by atoms with Gasteiger partial charge in [0.2, 0.25) is 0 Å². The Balaban J connectivity index is 2.26. The van der Waals surface area contributed by atoms with Gasteiger partial charge in [-0.25, -0.2) is 0 Å². The van der Waals surface area contributed by atoms with E-state index in [1.54, 1.807) is 0 Å². The molecular formula is C16H14BrN. The van der Waals surface area contributed by atoms with Gasteiger partial charge in [-0.05, 0) is 37.1 Å². The van der Waals surface area contributed by atoms with Crippen LogP contribution in [0.15, 0.2) is 46.9 Å². The predicted molar refractivity (Wildman–Crippen MR) is 80.9 cm³/mol. The number of hydrogen-bond donors (Lipinski definition) is 1. The Bertz CT molecular complexity index is 725. The van der Waals surface area contributed by atoms with Gasteiger partial charge in [-0.3, -0.25) is 0 Å². The van der Waals surface area contributed by atoms with Crippen LogP contribution in [0.2, 0.25) is 0 Å². The minimum Gasteiger partial charge on any atom is -0.354 e. The first-order valence-electron chi connectivity index (χ1n) is 6.00. The van der Waals surface area contributed by atoms with Crippen LogP contribution in [-0.2, 0) is 0 Å². The SMILES string of the molecule is Cc1ccc2cc(-c3ccccc3Br)[nH]c2c1C. The zero-order chi connectivity index (χ0) is 12.7. The molecule has 0 aliphatic rings. The number of aryl methyl sites for hydroxylation is 2. The number of halogens is 1. The van der Waals surface area contributed by atoms with E-state index in [-0.39, 0.29) is 0 Å². The topological polar surface area (TPSA) is 15.8 Å². The molecule has 3 aromatic rings. The van der Waals surface area contributed by atoms with E-state index in [0.29, 0.717) is 0 Å². The summed E-state index contributed by atoms with van der Waals surface area (Å²) in [7, 11) is 0. The Labute approximate surface area is 115 Å². The number of H-pyrrole nitrogens is 1. The second-order valence-electron chi connectivity index (χ2n) is 4.63. The number of nitrogens with one attached hydrogen (secondary N) is 1. The Morgan fingerprint density at radius 1 is 1.00 bits per heavy atom. The highest BCUT2D eigenvalue weighted by Crippen LogP contribution is 2.31. The number of aromatic nitrogens is 1. The van der Waals surface area contributed by atoms with Gasteiger partial charge in [-0.1, -0.05) is 46.3 Å². The fourth-order valence-electron chi connectivity index (χ4n) is 2.27. The van der Waals surface area contributed by atoms with E-state index >= 15 is 0 Å². The minimum atomic E-state index is 1.12. The van der Waals surface area contributed by atoms with E-state index in [2.05, 4.69) is 71.2 Å². The third kappa shape index (κ3) is 1.77. The first-order chi connectivity index (χ1) is 8.66. The molecule has 1 N–H and O–H groups in total. The van der Waals surface area contributed by atoms with Crippen molar-refractivity contribution >= 4 is 26.8 Å². The van der Waals surface area contributed by atoms with E-state index in [9.17, 15) is 0 Å². The summed E-state index contributed by atoms with van der Waals surface area (Å²) >= 11 is 3.60. The van der Waals surface area contributed by atoms with Crippen molar-refractivity contribution in [3.63, 3.8) is 0 Å². The molecular weight excluding hydrogens is 286 g/mol. The van der Waals surface area contributed by atoms with Crippen molar-refractivity contribution < 1.29 is 0 Å². The van der Waals surface area contributed by atoms with Crippen molar-refractivity contribution in [1.29, 1.82) is 0 Å². The van der Waals surface area contributed by atoms with Crippen molar-refractivity contribution in [2.45, 2.75) is 13.8 Å². The lowest BCUT2D eigenvalue weighted by Crippen LogP contribution is -1.82. The maximum Gasteiger partial charge on any atom is 0.0491 e. The van der Waals surface area contributed by atoms with Crippen LogP contribution in [0.25, 0.3) is 22.2 Å². The molecule has 0 amide bonds. The van der Waals surface area contributed by atoms with Crippen molar-refractivity contribution in [2.75, 3.05) is 0 Å². The zero-order valence-corrected chi connectivity index (χ0v) is 12.0. The van der Waals surface area contributed by atoms with Crippen LogP contribution in [0.1, 0.15) is 11.1 Å². The standard InChI is InChI=1S/C16H14BrN/c1-10-7-8-12-9-15(18-16(12)11(10)2)13-5-3-4-6-14(13)17/h3-9,18H,1-2H3. The van der Waals surface area contributed by atoms with Crippen LogP contribution < -0.4 is 0 Å². The minimum absolute atomic E-state index is 1.12. The Hall–Kier alpha value is -1.54. The third-order valence-corrected chi connectivity index (χ3v) is 4.18. The van der Waals surface area contributed by atoms with Crippen LogP contribution in [0.3, 0.4) is 0 Å². The average molecular weight is 300 g/mol. The summed E-state index contributed by atoms with van der Waals surface area (Å²) in [6.45, 7) is 4.31. The highest BCUT2D eigenvalue weighted by Gasteiger charge is 2.08. The van der Waals surface area contributed by atoms with Crippen molar-refractivity contribution in [3.8, 4) is 11.3 Å². The van der Waals surface area contributed by atoms with E-state index < -0.39 is 0 Å². The molecule has 0 fully saturated rings. The van der Waals surface area contributed by atoms with Gasteiger partial charge in [0, 0.05) is 26.6 Å². The maximum absolute atomic E-state index is 3.60. The van der Waals surface area contributed by atoms with Gasteiger partial charge in [-0.15, -0.1) is 0 Å². The second-order valence-corrected chi connectivity index (χ2v) is 5.49. The van der Waals surface area contributed by atoms with E-state index in [0.717, 1.165) is 10.2 Å². The molecule has 0 aliphatic carbocycles. The van der Waals surface area contributed by atoms with E-state index in [4.69, 9.17) is 0 Å². The Morgan fingerprint density at radius 3 is 2.56 bits per heavy atom. The largest absolute Gasteiger partial charge is 0.354 e. The maximum atomic E-state index is 3.60. The van der Waals surface area contributed by atoms with Gasteiger partial charge < -0.3 is 4.98 Å². The lowest BCUT2D eigenvalue weighted by Gasteiger charge is -2.01. The molecule has 18 heavy (non-hydrogen) atoms. The molecule has 0 saturated carbocycles. The molecule has 0 radical (unpaired) electrons. The van der Waals surface area contributed by atoms with Crippen LogP contribution in [0.4, 0.5) is 0 Å². The van der Waals surface area contributed by atoms with Gasteiger partial charge in [-0.2, -0.15) is 0 Å². The van der Waals surface area contributed by atoms with Gasteiger partial charge >= 0.3 is 0 Å². The molecule has 2 heteroatoms. The van der Waals surface area contributed by atoms with E-state index in [1.807, 2.05) is 6.07 Å². The summed E-state index contributed by atoms with van der Waals surface area (Å²) < 4.78 is 1.12. The fraction of sp³-hybridized carbons (Fsp3) is 0.125. The van der Waals surface area contributed by atoms with Crippen molar-refractivity contribution in [2.24, 2.45) is 0 Å².